The minimum absolute atomic E-state index is 0.551. The number of aromatic amines is 1. The van der Waals surface area contributed by atoms with E-state index in [1.54, 1.807) is 17.5 Å². The molecule has 0 fully saturated rings. The van der Waals surface area contributed by atoms with Gasteiger partial charge in [0.15, 0.2) is 6.29 Å². The zero-order valence-corrected chi connectivity index (χ0v) is 18.1. The lowest BCUT2D eigenvalue weighted by Crippen LogP contribution is -2.02. The average molecular weight is 426 g/mol. The minimum Gasteiger partial charge on any atom is -0.491 e. The van der Waals surface area contributed by atoms with E-state index < -0.39 is 0 Å². The number of rotatable bonds is 9. The predicted octanol–water partition coefficient (Wildman–Crippen LogP) is 5.30. The van der Waals surface area contributed by atoms with Crippen molar-refractivity contribution < 1.29 is 9.53 Å². The van der Waals surface area contributed by atoms with Crippen molar-refractivity contribution >= 4 is 39.9 Å². The van der Waals surface area contributed by atoms with Crippen molar-refractivity contribution in [3.63, 3.8) is 0 Å². The first-order valence-electron chi connectivity index (χ1n) is 9.66. The summed E-state index contributed by atoms with van der Waals surface area (Å²) >= 11 is 3.12. The molecule has 4 rings (SSSR count). The smallest absolute Gasteiger partial charge is 0.161 e. The van der Waals surface area contributed by atoms with Gasteiger partial charge in [0.2, 0.25) is 0 Å². The lowest BCUT2D eigenvalue weighted by molar-refractivity contribution is 0.112. The van der Waals surface area contributed by atoms with Crippen molar-refractivity contribution in [2.75, 3.05) is 6.61 Å². The normalized spacial score (nSPS) is 11.4. The van der Waals surface area contributed by atoms with Gasteiger partial charge in [0, 0.05) is 30.1 Å². The van der Waals surface area contributed by atoms with Crippen molar-refractivity contribution in [3.05, 3.63) is 61.9 Å². The van der Waals surface area contributed by atoms with E-state index >= 15 is 0 Å². The molecule has 0 saturated heterocycles. The monoisotopic (exact) mass is 425 g/mol. The molecule has 1 aromatic carbocycles. The number of nitrogens with one attached hydrogen (secondary N) is 1. The van der Waals surface area contributed by atoms with E-state index in [1.165, 1.54) is 22.5 Å². The number of H-pyrrole nitrogens is 1. The number of hydrogen-bond acceptors (Lipinski definition) is 6. The van der Waals surface area contributed by atoms with Crippen molar-refractivity contribution in [1.29, 1.82) is 0 Å². The molecule has 0 aliphatic heterocycles. The number of aromatic nitrogens is 3. The van der Waals surface area contributed by atoms with E-state index in [4.69, 9.17) is 4.74 Å². The van der Waals surface area contributed by atoms with Crippen molar-refractivity contribution in [3.8, 4) is 5.75 Å². The van der Waals surface area contributed by atoms with E-state index in [0.29, 0.717) is 23.8 Å². The van der Waals surface area contributed by atoms with E-state index in [9.17, 15) is 4.79 Å². The summed E-state index contributed by atoms with van der Waals surface area (Å²) in [7, 11) is 0. The second kappa shape index (κ2) is 8.88. The van der Waals surface area contributed by atoms with Crippen molar-refractivity contribution in [2.24, 2.45) is 5.92 Å². The summed E-state index contributed by atoms with van der Waals surface area (Å²) in [4.78, 5) is 15.9. The molecule has 5 nitrogen and oxygen atoms in total. The molecule has 0 unspecified atom stereocenters. The third kappa shape index (κ3) is 4.74. The van der Waals surface area contributed by atoms with Crippen LogP contribution in [0, 0.1) is 5.92 Å². The summed E-state index contributed by atoms with van der Waals surface area (Å²) < 4.78 is 6.16. The van der Waals surface area contributed by atoms with E-state index in [2.05, 4.69) is 58.0 Å². The van der Waals surface area contributed by atoms with Gasteiger partial charge >= 0.3 is 0 Å². The Bertz CT molecular complexity index is 1100. The maximum atomic E-state index is 10.9. The second-order valence-electron chi connectivity index (χ2n) is 7.47. The van der Waals surface area contributed by atoms with Crippen molar-refractivity contribution in [2.45, 2.75) is 33.1 Å². The summed E-state index contributed by atoms with van der Waals surface area (Å²) in [6.45, 7) is 5.05. The summed E-state index contributed by atoms with van der Waals surface area (Å²) in [6.07, 6.45) is 4.94. The number of thiazole rings is 1. The van der Waals surface area contributed by atoms with Gasteiger partial charge in [-0.1, -0.05) is 13.8 Å². The number of thiophene rings is 1. The molecule has 29 heavy (non-hydrogen) atoms. The number of nitrogens with zero attached hydrogens (tertiary/aromatic N) is 2. The largest absolute Gasteiger partial charge is 0.491 e. The maximum absolute atomic E-state index is 10.9. The van der Waals surface area contributed by atoms with Crippen LogP contribution >= 0.6 is 22.7 Å². The number of fused-ring (bicyclic) bond motifs is 1. The number of hydrogen-bond donors (Lipinski definition) is 1. The zero-order chi connectivity index (χ0) is 20.2. The number of carbonyl (C=O) groups is 1. The predicted molar refractivity (Wildman–Crippen MR) is 118 cm³/mol. The second-order valence-corrected chi connectivity index (χ2v) is 9.40. The van der Waals surface area contributed by atoms with Gasteiger partial charge in [-0.15, -0.1) is 11.3 Å². The van der Waals surface area contributed by atoms with Gasteiger partial charge in [-0.2, -0.15) is 16.4 Å². The van der Waals surface area contributed by atoms with Crippen LogP contribution in [0.2, 0.25) is 0 Å². The molecule has 150 valence electrons. The Morgan fingerprint density at radius 1 is 1.28 bits per heavy atom. The topological polar surface area (TPSA) is 67.9 Å². The van der Waals surface area contributed by atoms with E-state index in [0.717, 1.165) is 46.5 Å². The molecule has 0 aliphatic carbocycles. The van der Waals surface area contributed by atoms with Gasteiger partial charge in [-0.05, 0) is 52.4 Å². The minimum atomic E-state index is 0.551. The molecule has 3 aromatic heterocycles. The third-order valence-electron chi connectivity index (χ3n) is 4.65. The highest BCUT2D eigenvalue weighted by molar-refractivity contribution is 7.13. The Balaban J connectivity index is 1.62. The van der Waals surface area contributed by atoms with Crippen LogP contribution in [-0.2, 0) is 19.3 Å². The van der Waals surface area contributed by atoms with Gasteiger partial charge in [0.1, 0.15) is 11.3 Å². The highest BCUT2D eigenvalue weighted by Gasteiger charge is 2.15. The molecular formula is C22H23N3O2S2. The van der Waals surface area contributed by atoms with Crippen LogP contribution in [0.15, 0.2) is 35.2 Å². The Hall–Kier alpha value is -2.51. The quantitative estimate of drug-likeness (QED) is 0.369. The molecule has 0 atom stereocenters. The molecule has 0 aliphatic rings. The summed E-state index contributed by atoms with van der Waals surface area (Å²) in [5.41, 5.74) is 4.39. The van der Waals surface area contributed by atoms with Gasteiger partial charge in [0.05, 0.1) is 16.5 Å². The number of benzene rings is 1. The Labute approximate surface area is 177 Å². The van der Waals surface area contributed by atoms with E-state index in [-0.39, 0.29) is 0 Å². The van der Waals surface area contributed by atoms with Gasteiger partial charge < -0.3 is 4.74 Å². The van der Waals surface area contributed by atoms with Crippen LogP contribution in [0.3, 0.4) is 0 Å². The Morgan fingerprint density at radius 3 is 2.90 bits per heavy atom. The number of ether oxygens (including phenoxy) is 1. The molecule has 1 N–H and O–H groups in total. The first kappa shape index (κ1) is 19.8. The Morgan fingerprint density at radius 2 is 2.17 bits per heavy atom. The van der Waals surface area contributed by atoms with Crippen LogP contribution in [0.1, 0.15) is 45.3 Å². The van der Waals surface area contributed by atoms with Crippen LogP contribution in [-0.4, -0.2) is 28.1 Å². The fraction of sp³-hybridized carbons (Fsp3) is 0.318. The number of aldehydes is 1. The Kier molecular flexibility index (Phi) is 6.06. The molecule has 0 spiro atoms. The molecule has 4 aromatic rings. The molecule has 7 heteroatoms. The fourth-order valence-electron chi connectivity index (χ4n) is 3.35. The highest BCUT2D eigenvalue weighted by atomic mass is 32.1. The average Bonchev–Trinajstić information content (AvgIpc) is 3.43. The van der Waals surface area contributed by atoms with Crippen LogP contribution in [0.25, 0.3) is 10.9 Å². The van der Waals surface area contributed by atoms with E-state index in [1.807, 2.05) is 0 Å². The van der Waals surface area contributed by atoms with Gasteiger partial charge in [-0.25, -0.2) is 4.98 Å². The summed E-state index contributed by atoms with van der Waals surface area (Å²) in [6, 6.07) is 6.45. The maximum Gasteiger partial charge on any atom is 0.161 e. The van der Waals surface area contributed by atoms with Gasteiger partial charge in [-0.3, -0.25) is 9.89 Å². The van der Waals surface area contributed by atoms with Gasteiger partial charge in [0.25, 0.3) is 0 Å². The molecular weight excluding hydrogens is 402 g/mol. The van der Waals surface area contributed by atoms with Crippen LogP contribution in [0.5, 0.6) is 5.75 Å². The fourth-order valence-corrected chi connectivity index (χ4v) is 4.80. The molecule has 0 radical (unpaired) electrons. The molecule has 0 bridgehead atoms. The summed E-state index contributed by atoms with van der Waals surface area (Å²) in [5.74, 6) is 1.37. The SMILES string of the molecule is CC(C)Cc1cc(OCCc2ccsc2)c2n[nH]c(Cc3ncc(C=O)s3)c2c1. The van der Waals surface area contributed by atoms with Crippen LogP contribution < -0.4 is 4.74 Å². The number of carbonyl (C=O) groups excluding carboxylic acids is 1. The molecule has 0 amide bonds. The van der Waals surface area contributed by atoms with Crippen LogP contribution in [0.4, 0.5) is 0 Å². The lowest BCUT2D eigenvalue weighted by Gasteiger charge is -2.11. The lowest BCUT2D eigenvalue weighted by atomic mass is 10.00. The standard InChI is InChI=1S/C22H23N3O2S2/c1-14(2)7-16-8-18-19(10-21-23-11-17(12-26)29-21)24-25-22(18)20(9-16)27-5-3-15-4-6-28-13-15/h4,6,8-9,11-14H,3,5,7,10H2,1-2H3,(H,24,25). The first-order chi connectivity index (χ1) is 14.1. The molecule has 0 saturated carbocycles. The molecule has 3 heterocycles. The third-order valence-corrected chi connectivity index (χ3v) is 6.31. The highest BCUT2D eigenvalue weighted by Crippen LogP contribution is 2.31. The first-order valence-corrected chi connectivity index (χ1v) is 11.4. The zero-order valence-electron chi connectivity index (χ0n) is 16.5. The van der Waals surface area contributed by atoms with Crippen molar-refractivity contribution in [1.82, 2.24) is 15.2 Å². The summed E-state index contributed by atoms with van der Waals surface area (Å²) in [5, 5.41) is 13.9.